The fraction of sp³-hybridized carbons (Fsp3) is 0.538. The first kappa shape index (κ1) is 16.7. The first-order valence-corrected chi connectivity index (χ1v) is 6.85. The van der Waals surface area contributed by atoms with E-state index in [1.807, 2.05) is 13.8 Å². The van der Waals surface area contributed by atoms with Crippen molar-refractivity contribution in [2.45, 2.75) is 32.9 Å². The van der Waals surface area contributed by atoms with Crippen LogP contribution in [0.1, 0.15) is 37.9 Å². The fourth-order valence-electron chi connectivity index (χ4n) is 1.80. The van der Waals surface area contributed by atoms with Gasteiger partial charge in [0.15, 0.2) is 0 Å². The van der Waals surface area contributed by atoms with Crippen LogP contribution in [0.25, 0.3) is 0 Å². The molecule has 20 heavy (non-hydrogen) atoms. The first-order valence-electron chi connectivity index (χ1n) is 6.44. The van der Waals surface area contributed by atoms with E-state index < -0.39 is 11.9 Å². The molecular formula is C13H18F3N3S. The highest BCUT2D eigenvalue weighted by Gasteiger charge is 2.33. The summed E-state index contributed by atoms with van der Waals surface area (Å²) in [6.07, 6.45) is -2.67. The molecule has 0 aromatic carbocycles. The van der Waals surface area contributed by atoms with E-state index in [0.717, 1.165) is 18.9 Å². The number of nitrogens with zero attached hydrogens (tertiary/aromatic N) is 2. The number of thiocarbonyl (C=S) groups is 1. The second kappa shape index (κ2) is 6.88. The molecule has 2 N–H and O–H groups in total. The molecular weight excluding hydrogens is 287 g/mol. The van der Waals surface area contributed by atoms with Crippen LogP contribution < -0.4 is 10.6 Å². The quantitative estimate of drug-likeness (QED) is 0.818. The van der Waals surface area contributed by atoms with Crippen molar-refractivity contribution >= 4 is 23.0 Å². The summed E-state index contributed by atoms with van der Waals surface area (Å²) < 4.78 is 38.3. The molecule has 1 heterocycles. The van der Waals surface area contributed by atoms with Gasteiger partial charge in [0, 0.05) is 13.1 Å². The normalized spacial score (nSPS) is 11.4. The van der Waals surface area contributed by atoms with Gasteiger partial charge >= 0.3 is 6.18 Å². The average molecular weight is 305 g/mol. The van der Waals surface area contributed by atoms with Gasteiger partial charge in [0.25, 0.3) is 0 Å². The van der Waals surface area contributed by atoms with Gasteiger partial charge in [-0.1, -0.05) is 25.6 Å². The van der Waals surface area contributed by atoms with Gasteiger partial charge in [-0.2, -0.15) is 13.2 Å². The molecule has 0 aliphatic carbocycles. The van der Waals surface area contributed by atoms with Crippen LogP contribution in [-0.4, -0.2) is 23.1 Å². The zero-order valence-electron chi connectivity index (χ0n) is 11.5. The van der Waals surface area contributed by atoms with Crippen molar-refractivity contribution < 1.29 is 13.2 Å². The Balaban J connectivity index is 3.26. The number of halogens is 3. The van der Waals surface area contributed by atoms with Crippen LogP contribution in [0.5, 0.6) is 0 Å². The lowest BCUT2D eigenvalue weighted by Gasteiger charge is -2.25. The van der Waals surface area contributed by atoms with Crippen LogP contribution in [0.4, 0.5) is 19.0 Å². The largest absolute Gasteiger partial charge is 0.433 e. The molecule has 3 nitrogen and oxygen atoms in total. The second-order valence-corrected chi connectivity index (χ2v) is 4.80. The van der Waals surface area contributed by atoms with Crippen LogP contribution in [0.2, 0.25) is 0 Å². The van der Waals surface area contributed by atoms with Crippen molar-refractivity contribution in [3.63, 3.8) is 0 Å². The lowest BCUT2D eigenvalue weighted by Crippen LogP contribution is -2.29. The number of hydrogen-bond acceptors (Lipinski definition) is 3. The molecule has 0 amide bonds. The molecule has 0 aliphatic heterocycles. The lowest BCUT2D eigenvalue weighted by atomic mass is 10.2. The van der Waals surface area contributed by atoms with Gasteiger partial charge in [-0.15, -0.1) is 0 Å². The standard InChI is InChI=1S/C13H18F3N3S/c1-3-5-8-19(4-2)12-9(11(17)20)6-7-10(18-12)13(14,15)16/h6-7H,3-5,8H2,1-2H3,(H2,17,20). The predicted molar refractivity (Wildman–Crippen MR) is 77.9 cm³/mol. The van der Waals surface area contributed by atoms with E-state index in [-0.39, 0.29) is 10.8 Å². The molecule has 7 heteroatoms. The minimum Gasteiger partial charge on any atom is -0.389 e. The summed E-state index contributed by atoms with van der Waals surface area (Å²) in [5.74, 6) is 0.211. The third-order valence-corrected chi connectivity index (χ3v) is 3.11. The van der Waals surface area contributed by atoms with E-state index in [9.17, 15) is 13.2 Å². The molecule has 112 valence electrons. The number of aromatic nitrogens is 1. The maximum Gasteiger partial charge on any atom is 0.433 e. The van der Waals surface area contributed by atoms with E-state index in [1.165, 1.54) is 6.07 Å². The van der Waals surface area contributed by atoms with E-state index in [2.05, 4.69) is 4.98 Å². The van der Waals surface area contributed by atoms with Gasteiger partial charge in [-0.05, 0) is 25.5 Å². The smallest absolute Gasteiger partial charge is 0.389 e. The van der Waals surface area contributed by atoms with Gasteiger partial charge in [0.05, 0.1) is 5.56 Å². The minimum absolute atomic E-state index is 0.0520. The molecule has 0 spiro atoms. The van der Waals surface area contributed by atoms with Crippen molar-refractivity contribution in [1.29, 1.82) is 0 Å². The highest BCUT2D eigenvalue weighted by Crippen LogP contribution is 2.30. The van der Waals surface area contributed by atoms with Crippen LogP contribution in [0, 0.1) is 0 Å². The maximum absolute atomic E-state index is 12.8. The van der Waals surface area contributed by atoms with Crippen molar-refractivity contribution in [2.75, 3.05) is 18.0 Å². The number of alkyl halides is 3. The zero-order valence-corrected chi connectivity index (χ0v) is 12.3. The maximum atomic E-state index is 12.8. The molecule has 0 saturated carbocycles. The summed E-state index contributed by atoms with van der Waals surface area (Å²) in [5.41, 5.74) is 5.03. The Labute approximate surface area is 122 Å². The van der Waals surface area contributed by atoms with Gasteiger partial charge in [0.1, 0.15) is 16.5 Å². The first-order chi connectivity index (χ1) is 9.31. The number of nitrogens with two attached hydrogens (primary N) is 1. The summed E-state index contributed by atoms with van der Waals surface area (Å²) >= 11 is 4.90. The molecule has 0 unspecified atom stereocenters. The Bertz CT molecular complexity index is 474. The Morgan fingerprint density at radius 3 is 2.45 bits per heavy atom. The molecule has 0 aliphatic rings. The van der Waals surface area contributed by atoms with Gasteiger partial charge in [-0.25, -0.2) is 4.98 Å². The Morgan fingerprint density at radius 1 is 1.35 bits per heavy atom. The van der Waals surface area contributed by atoms with Crippen molar-refractivity contribution in [1.82, 2.24) is 4.98 Å². The molecule has 0 saturated heterocycles. The summed E-state index contributed by atoms with van der Waals surface area (Å²) in [6.45, 7) is 5.05. The number of pyridine rings is 1. The Kier molecular flexibility index (Phi) is 5.74. The molecule has 0 bridgehead atoms. The lowest BCUT2D eigenvalue weighted by molar-refractivity contribution is -0.141. The number of unbranched alkanes of at least 4 members (excludes halogenated alkanes) is 1. The SMILES string of the molecule is CCCCN(CC)c1nc(C(F)(F)F)ccc1C(N)=S. The highest BCUT2D eigenvalue weighted by molar-refractivity contribution is 7.80. The number of anilines is 1. The minimum atomic E-state index is -4.48. The summed E-state index contributed by atoms with van der Waals surface area (Å²) in [5, 5.41) is 0. The highest BCUT2D eigenvalue weighted by atomic mass is 32.1. The van der Waals surface area contributed by atoms with Crippen LogP contribution in [0.15, 0.2) is 12.1 Å². The topological polar surface area (TPSA) is 42.2 Å². The third kappa shape index (κ3) is 4.06. The molecule has 1 rings (SSSR count). The van der Waals surface area contributed by atoms with E-state index in [4.69, 9.17) is 18.0 Å². The van der Waals surface area contributed by atoms with Crippen LogP contribution in [-0.2, 0) is 6.18 Å². The monoisotopic (exact) mass is 305 g/mol. The van der Waals surface area contributed by atoms with E-state index >= 15 is 0 Å². The van der Waals surface area contributed by atoms with Gasteiger partial charge in [-0.3, -0.25) is 0 Å². The molecule has 1 aromatic rings. The Hall–Kier alpha value is -1.37. The molecule has 0 fully saturated rings. The third-order valence-electron chi connectivity index (χ3n) is 2.89. The summed E-state index contributed by atoms with van der Waals surface area (Å²) in [6, 6.07) is 2.20. The van der Waals surface area contributed by atoms with Crippen molar-refractivity contribution in [3.8, 4) is 0 Å². The second-order valence-electron chi connectivity index (χ2n) is 4.36. The predicted octanol–water partition coefficient (Wildman–Crippen LogP) is 3.36. The Morgan fingerprint density at radius 2 is 2.00 bits per heavy atom. The summed E-state index contributed by atoms with van der Waals surface area (Å²) in [4.78, 5) is 5.55. The van der Waals surface area contributed by atoms with Gasteiger partial charge < -0.3 is 10.6 Å². The average Bonchev–Trinajstić information content (AvgIpc) is 2.38. The number of rotatable bonds is 6. The van der Waals surface area contributed by atoms with Gasteiger partial charge in [0.2, 0.25) is 0 Å². The molecule has 0 radical (unpaired) electrons. The summed E-state index contributed by atoms with van der Waals surface area (Å²) in [7, 11) is 0. The van der Waals surface area contributed by atoms with Crippen LogP contribution >= 0.6 is 12.2 Å². The zero-order chi connectivity index (χ0) is 15.3. The number of hydrogen-bond donors (Lipinski definition) is 1. The molecule has 1 aromatic heterocycles. The van der Waals surface area contributed by atoms with E-state index in [0.29, 0.717) is 18.7 Å². The van der Waals surface area contributed by atoms with Crippen molar-refractivity contribution in [2.24, 2.45) is 5.73 Å². The van der Waals surface area contributed by atoms with Crippen molar-refractivity contribution in [3.05, 3.63) is 23.4 Å². The van der Waals surface area contributed by atoms with Crippen LogP contribution in [0.3, 0.4) is 0 Å². The molecule has 0 atom stereocenters. The van der Waals surface area contributed by atoms with E-state index in [1.54, 1.807) is 4.90 Å². The fourth-order valence-corrected chi connectivity index (χ4v) is 1.96.